The molecule has 0 aliphatic heterocycles. The van der Waals surface area contributed by atoms with Crippen molar-refractivity contribution in [2.24, 2.45) is 11.3 Å². The lowest BCUT2D eigenvalue weighted by Gasteiger charge is -2.27. The summed E-state index contributed by atoms with van der Waals surface area (Å²) in [6, 6.07) is 14.0. The number of nitrogens with zero attached hydrogens (tertiary/aromatic N) is 2. The van der Waals surface area contributed by atoms with E-state index in [2.05, 4.69) is 18.0 Å². The molecule has 3 rings (SSSR count). The fourth-order valence-corrected chi connectivity index (χ4v) is 3.26. The average Bonchev–Trinajstić information content (AvgIpc) is 2.88. The Balaban J connectivity index is 2.00. The standard InChI is InChI=1S/C17H18N2O/c1-12-8-9-17(10-12,11-18)16(20)15-7-6-13-4-2-3-5-14(13)19-15/h2-7,12,16,20H,8-10H2,1H3. The molecule has 1 aliphatic carbocycles. The van der Waals surface area contributed by atoms with Crippen LogP contribution in [0.1, 0.15) is 38.0 Å². The number of fused-ring (bicyclic) bond motifs is 1. The summed E-state index contributed by atoms with van der Waals surface area (Å²) in [6.45, 7) is 2.14. The van der Waals surface area contributed by atoms with Crippen molar-refractivity contribution < 1.29 is 5.11 Å². The second-order valence-electron chi connectivity index (χ2n) is 5.95. The van der Waals surface area contributed by atoms with Crippen LogP contribution in [0.4, 0.5) is 0 Å². The second kappa shape index (κ2) is 4.88. The highest BCUT2D eigenvalue weighted by atomic mass is 16.3. The molecule has 102 valence electrons. The number of rotatable bonds is 2. The summed E-state index contributed by atoms with van der Waals surface area (Å²) in [5, 5.41) is 21.3. The summed E-state index contributed by atoms with van der Waals surface area (Å²) in [4.78, 5) is 4.54. The van der Waals surface area contributed by atoms with Gasteiger partial charge in [0.05, 0.1) is 22.7 Å². The Hall–Kier alpha value is -1.92. The van der Waals surface area contributed by atoms with Gasteiger partial charge < -0.3 is 5.11 Å². The van der Waals surface area contributed by atoms with Crippen LogP contribution in [0.15, 0.2) is 36.4 Å². The van der Waals surface area contributed by atoms with Crippen molar-refractivity contribution in [3.05, 3.63) is 42.1 Å². The Labute approximate surface area is 118 Å². The van der Waals surface area contributed by atoms with E-state index in [1.165, 1.54) is 0 Å². The zero-order valence-corrected chi connectivity index (χ0v) is 11.6. The minimum Gasteiger partial charge on any atom is -0.385 e. The highest BCUT2D eigenvalue weighted by Crippen LogP contribution is 2.49. The zero-order chi connectivity index (χ0) is 14.2. The Kier molecular flexibility index (Phi) is 3.19. The van der Waals surface area contributed by atoms with Gasteiger partial charge in [-0.2, -0.15) is 5.26 Å². The summed E-state index contributed by atoms with van der Waals surface area (Å²) < 4.78 is 0. The number of benzene rings is 1. The van der Waals surface area contributed by atoms with Crippen molar-refractivity contribution >= 4 is 10.9 Å². The van der Waals surface area contributed by atoms with E-state index in [0.717, 1.165) is 30.2 Å². The van der Waals surface area contributed by atoms with E-state index < -0.39 is 11.5 Å². The van der Waals surface area contributed by atoms with Gasteiger partial charge in [-0.3, -0.25) is 4.98 Å². The Bertz CT molecular complexity index is 676. The van der Waals surface area contributed by atoms with Crippen LogP contribution in [0.5, 0.6) is 0 Å². The third-order valence-electron chi connectivity index (χ3n) is 4.44. The van der Waals surface area contributed by atoms with Crippen molar-refractivity contribution in [3.8, 4) is 6.07 Å². The van der Waals surface area contributed by atoms with E-state index in [0.29, 0.717) is 11.6 Å². The monoisotopic (exact) mass is 266 g/mol. The van der Waals surface area contributed by atoms with Crippen LogP contribution in [-0.2, 0) is 0 Å². The van der Waals surface area contributed by atoms with Crippen molar-refractivity contribution in [2.75, 3.05) is 0 Å². The van der Waals surface area contributed by atoms with Gasteiger partial charge >= 0.3 is 0 Å². The molecule has 3 heteroatoms. The van der Waals surface area contributed by atoms with E-state index in [4.69, 9.17) is 0 Å². The van der Waals surface area contributed by atoms with Gasteiger partial charge in [0.25, 0.3) is 0 Å². The van der Waals surface area contributed by atoms with Crippen LogP contribution in [0.3, 0.4) is 0 Å². The van der Waals surface area contributed by atoms with Gasteiger partial charge in [0.1, 0.15) is 6.10 Å². The third-order valence-corrected chi connectivity index (χ3v) is 4.44. The number of hydrogen-bond acceptors (Lipinski definition) is 3. The minimum absolute atomic E-state index is 0.491. The second-order valence-corrected chi connectivity index (χ2v) is 5.95. The van der Waals surface area contributed by atoms with Crippen molar-refractivity contribution in [2.45, 2.75) is 32.3 Å². The number of aromatic nitrogens is 1. The molecular weight excluding hydrogens is 248 g/mol. The average molecular weight is 266 g/mol. The summed E-state index contributed by atoms with van der Waals surface area (Å²) >= 11 is 0. The predicted octanol–water partition coefficient (Wildman–Crippen LogP) is 3.60. The van der Waals surface area contributed by atoms with Gasteiger partial charge in [0.15, 0.2) is 0 Å². The van der Waals surface area contributed by atoms with Gasteiger partial charge in [-0.05, 0) is 37.3 Å². The lowest BCUT2D eigenvalue weighted by molar-refractivity contribution is 0.0613. The van der Waals surface area contributed by atoms with Gasteiger partial charge in [-0.15, -0.1) is 0 Å². The molecule has 1 fully saturated rings. The normalized spacial score (nSPS) is 27.4. The first-order valence-corrected chi connectivity index (χ1v) is 7.10. The van der Waals surface area contributed by atoms with Crippen molar-refractivity contribution in [1.82, 2.24) is 4.98 Å². The summed E-state index contributed by atoms with van der Waals surface area (Å²) in [5.74, 6) is 0.491. The molecule has 0 amide bonds. The molecule has 1 saturated carbocycles. The molecule has 3 unspecified atom stereocenters. The van der Waals surface area contributed by atoms with Crippen molar-refractivity contribution in [1.29, 1.82) is 5.26 Å². The molecule has 0 spiro atoms. The molecule has 0 saturated heterocycles. The molecular formula is C17H18N2O. The minimum atomic E-state index is -0.804. The Morgan fingerprint density at radius 1 is 1.35 bits per heavy atom. The fraction of sp³-hybridized carbons (Fsp3) is 0.412. The molecule has 1 heterocycles. The number of aliphatic hydroxyl groups excluding tert-OH is 1. The van der Waals surface area contributed by atoms with Crippen LogP contribution < -0.4 is 0 Å². The summed E-state index contributed by atoms with van der Waals surface area (Å²) in [6.07, 6.45) is 1.69. The topological polar surface area (TPSA) is 56.9 Å². The maximum absolute atomic E-state index is 10.7. The van der Waals surface area contributed by atoms with Gasteiger partial charge in [-0.25, -0.2) is 0 Å². The molecule has 0 bridgehead atoms. The van der Waals surface area contributed by atoms with Gasteiger partial charge in [-0.1, -0.05) is 31.2 Å². The first-order chi connectivity index (χ1) is 9.64. The smallest absolute Gasteiger partial charge is 0.115 e. The lowest BCUT2D eigenvalue weighted by Crippen LogP contribution is -2.25. The van der Waals surface area contributed by atoms with E-state index in [1.54, 1.807) is 0 Å². The van der Waals surface area contributed by atoms with E-state index in [9.17, 15) is 10.4 Å². The molecule has 3 nitrogen and oxygen atoms in total. The first-order valence-electron chi connectivity index (χ1n) is 7.10. The third kappa shape index (κ3) is 2.07. The number of pyridine rings is 1. The molecule has 2 aromatic rings. The largest absolute Gasteiger partial charge is 0.385 e. The summed E-state index contributed by atoms with van der Waals surface area (Å²) in [5.41, 5.74) is 0.803. The van der Waals surface area contributed by atoms with Crippen LogP contribution in [0.2, 0.25) is 0 Å². The van der Waals surface area contributed by atoms with Crippen LogP contribution in [0.25, 0.3) is 10.9 Å². The number of aliphatic hydroxyl groups is 1. The summed E-state index contributed by atoms with van der Waals surface area (Å²) in [7, 11) is 0. The maximum atomic E-state index is 10.7. The Morgan fingerprint density at radius 2 is 2.15 bits per heavy atom. The fourth-order valence-electron chi connectivity index (χ4n) is 3.26. The molecule has 3 atom stereocenters. The van der Waals surface area contributed by atoms with Crippen LogP contribution >= 0.6 is 0 Å². The van der Waals surface area contributed by atoms with Crippen molar-refractivity contribution in [3.63, 3.8) is 0 Å². The van der Waals surface area contributed by atoms with E-state index >= 15 is 0 Å². The molecule has 1 aromatic heterocycles. The van der Waals surface area contributed by atoms with Gasteiger partial charge in [0.2, 0.25) is 0 Å². The predicted molar refractivity (Wildman–Crippen MR) is 77.8 cm³/mol. The molecule has 20 heavy (non-hydrogen) atoms. The molecule has 0 radical (unpaired) electrons. The molecule has 1 aromatic carbocycles. The zero-order valence-electron chi connectivity index (χ0n) is 11.6. The SMILES string of the molecule is CC1CCC(C#N)(C(O)c2ccc3ccccc3n2)C1. The number of hydrogen-bond donors (Lipinski definition) is 1. The number of nitriles is 1. The quantitative estimate of drug-likeness (QED) is 0.903. The van der Waals surface area contributed by atoms with Crippen LogP contribution in [-0.4, -0.2) is 10.1 Å². The van der Waals surface area contributed by atoms with E-state index in [-0.39, 0.29) is 0 Å². The highest BCUT2D eigenvalue weighted by molar-refractivity contribution is 5.78. The number of para-hydroxylation sites is 1. The first kappa shape index (κ1) is 13.1. The van der Waals surface area contributed by atoms with Gasteiger partial charge in [0, 0.05) is 5.39 Å². The van der Waals surface area contributed by atoms with Crippen LogP contribution in [0, 0.1) is 22.7 Å². The lowest BCUT2D eigenvalue weighted by atomic mass is 9.79. The Morgan fingerprint density at radius 3 is 2.85 bits per heavy atom. The highest BCUT2D eigenvalue weighted by Gasteiger charge is 2.45. The molecule has 1 N–H and O–H groups in total. The molecule has 1 aliphatic rings. The maximum Gasteiger partial charge on any atom is 0.115 e. The van der Waals surface area contributed by atoms with E-state index in [1.807, 2.05) is 36.4 Å².